The molecule has 1 aromatic rings. The smallest absolute Gasteiger partial charge is 0.161 e. The Balaban J connectivity index is 2.91. The molecule has 0 fully saturated rings. The number of rotatable bonds is 11. The molecule has 0 heterocycles. The lowest BCUT2D eigenvalue weighted by Crippen LogP contribution is -2.05. The van der Waals surface area contributed by atoms with Gasteiger partial charge in [0.1, 0.15) is 5.78 Å². The van der Waals surface area contributed by atoms with Crippen LogP contribution in [0.1, 0.15) is 71.3 Å². The molecule has 0 radical (unpaired) electrons. The summed E-state index contributed by atoms with van der Waals surface area (Å²) in [4.78, 5) is 11.2. The van der Waals surface area contributed by atoms with E-state index in [-0.39, 0.29) is 5.78 Å². The summed E-state index contributed by atoms with van der Waals surface area (Å²) in [6.07, 6.45) is 4.51. The van der Waals surface area contributed by atoms with Crippen LogP contribution >= 0.6 is 0 Å². The van der Waals surface area contributed by atoms with E-state index in [1.54, 1.807) is 6.92 Å². The zero-order valence-corrected chi connectivity index (χ0v) is 14.5. The van der Waals surface area contributed by atoms with E-state index in [9.17, 15) is 4.79 Å². The summed E-state index contributed by atoms with van der Waals surface area (Å²) in [7, 11) is 0. The minimum atomic E-state index is 0.254. The number of hydrogen-bond acceptors (Lipinski definition) is 3. The Morgan fingerprint density at radius 1 is 1.05 bits per heavy atom. The molecule has 1 unspecified atom stereocenters. The van der Waals surface area contributed by atoms with Crippen molar-refractivity contribution in [2.24, 2.45) is 0 Å². The van der Waals surface area contributed by atoms with Crippen LogP contribution in [0.25, 0.3) is 0 Å². The quantitative estimate of drug-likeness (QED) is 0.568. The van der Waals surface area contributed by atoms with Crippen LogP contribution in [0.15, 0.2) is 18.2 Å². The van der Waals surface area contributed by atoms with Crippen LogP contribution in [0.3, 0.4) is 0 Å². The Morgan fingerprint density at radius 2 is 1.68 bits per heavy atom. The van der Waals surface area contributed by atoms with Crippen LogP contribution < -0.4 is 9.47 Å². The summed E-state index contributed by atoms with van der Waals surface area (Å²) in [5.41, 5.74) is 1.23. The van der Waals surface area contributed by atoms with Gasteiger partial charge in [0.05, 0.1) is 13.2 Å². The van der Waals surface area contributed by atoms with Crippen molar-refractivity contribution in [1.82, 2.24) is 0 Å². The van der Waals surface area contributed by atoms with Crippen molar-refractivity contribution < 1.29 is 14.3 Å². The molecule has 0 bridgehead atoms. The van der Waals surface area contributed by atoms with Crippen molar-refractivity contribution in [2.45, 2.75) is 65.7 Å². The maximum Gasteiger partial charge on any atom is 0.161 e. The molecule has 0 aromatic heterocycles. The normalized spacial score (nSPS) is 12.0. The second-order valence-electron chi connectivity index (χ2n) is 5.75. The van der Waals surface area contributed by atoms with Gasteiger partial charge in [0.25, 0.3) is 0 Å². The highest BCUT2D eigenvalue weighted by Gasteiger charge is 2.14. The van der Waals surface area contributed by atoms with E-state index in [2.05, 4.69) is 32.9 Å². The van der Waals surface area contributed by atoms with Gasteiger partial charge in [-0.05, 0) is 56.2 Å². The molecule has 0 saturated heterocycles. The van der Waals surface area contributed by atoms with Crippen molar-refractivity contribution in [1.29, 1.82) is 0 Å². The molecular weight excluding hydrogens is 276 g/mol. The first-order chi connectivity index (χ1) is 10.6. The maximum absolute atomic E-state index is 11.2. The minimum Gasteiger partial charge on any atom is -0.490 e. The zero-order valence-electron chi connectivity index (χ0n) is 14.5. The topological polar surface area (TPSA) is 35.5 Å². The third-order valence-corrected chi connectivity index (χ3v) is 3.70. The largest absolute Gasteiger partial charge is 0.490 e. The molecule has 0 N–H and O–H groups in total. The van der Waals surface area contributed by atoms with Crippen LogP contribution in [0.5, 0.6) is 11.5 Å². The number of carbonyl (C=O) groups excluding carboxylic acids is 1. The van der Waals surface area contributed by atoms with Gasteiger partial charge in [0.2, 0.25) is 0 Å². The van der Waals surface area contributed by atoms with E-state index in [4.69, 9.17) is 9.47 Å². The number of ketones is 1. The average Bonchev–Trinajstić information content (AvgIpc) is 2.52. The highest BCUT2D eigenvalue weighted by molar-refractivity contribution is 5.75. The third-order valence-electron chi connectivity index (χ3n) is 3.70. The summed E-state index contributed by atoms with van der Waals surface area (Å²) in [5.74, 6) is 2.30. The van der Waals surface area contributed by atoms with Gasteiger partial charge in [-0.2, -0.15) is 0 Å². The SMILES string of the molecule is CCCOc1ccc(C(CC)CCC(C)=O)cc1OCCC. The van der Waals surface area contributed by atoms with Gasteiger partial charge in [-0.25, -0.2) is 0 Å². The summed E-state index contributed by atoms with van der Waals surface area (Å²) in [5, 5.41) is 0. The van der Waals surface area contributed by atoms with Crippen molar-refractivity contribution in [3.8, 4) is 11.5 Å². The molecular formula is C19H30O3. The number of ether oxygens (including phenoxy) is 2. The van der Waals surface area contributed by atoms with Gasteiger partial charge in [0, 0.05) is 6.42 Å². The van der Waals surface area contributed by atoms with E-state index in [0.717, 1.165) is 37.2 Å². The van der Waals surface area contributed by atoms with Crippen LogP contribution in [0.4, 0.5) is 0 Å². The van der Waals surface area contributed by atoms with Gasteiger partial charge < -0.3 is 14.3 Å². The Hall–Kier alpha value is -1.51. The van der Waals surface area contributed by atoms with E-state index >= 15 is 0 Å². The Bertz CT molecular complexity index is 454. The molecule has 1 aromatic carbocycles. The van der Waals surface area contributed by atoms with Crippen LogP contribution in [-0.2, 0) is 4.79 Å². The lowest BCUT2D eigenvalue weighted by atomic mass is 9.91. The van der Waals surface area contributed by atoms with Crippen molar-refractivity contribution in [3.63, 3.8) is 0 Å². The van der Waals surface area contributed by atoms with E-state index in [0.29, 0.717) is 25.6 Å². The second kappa shape index (κ2) is 10.3. The maximum atomic E-state index is 11.2. The molecule has 124 valence electrons. The Kier molecular flexibility index (Phi) is 8.64. The minimum absolute atomic E-state index is 0.254. The lowest BCUT2D eigenvalue weighted by molar-refractivity contribution is -0.117. The van der Waals surface area contributed by atoms with Gasteiger partial charge in [-0.3, -0.25) is 0 Å². The van der Waals surface area contributed by atoms with E-state index in [1.807, 2.05) is 6.07 Å². The predicted molar refractivity (Wildman–Crippen MR) is 91.0 cm³/mol. The van der Waals surface area contributed by atoms with Crippen LogP contribution in [0, 0.1) is 0 Å². The highest BCUT2D eigenvalue weighted by atomic mass is 16.5. The van der Waals surface area contributed by atoms with Gasteiger partial charge in [0.15, 0.2) is 11.5 Å². The predicted octanol–water partition coefficient (Wildman–Crippen LogP) is 5.13. The van der Waals surface area contributed by atoms with Gasteiger partial charge in [-0.15, -0.1) is 0 Å². The highest BCUT2D eigenvalue weighted by Crippen LogP contribution is 2.34. The number of carbonyl (C=O) groups is 1. The molecule has 0 aliphatic heterocycles. The van der Waals surface area contributed by atoms with Crippen LogP contribution in [-0.4, -0.2) is 19.0 Å². The van der Waals surface area contributed by atoms with Gasteiger partial charge in [-0.1, -0.05) is 26.8 Å². The fourth-order valence-electron chi connectivity index (χ4n) is 2.42. The summed E-state index contributed by atoms with van der Waals surface area (Å²) in [6, 6.07) is 6.21. The standard InChI is InChI=1S/C19H30O3/c1-5-12-21-18-11-10-17(14-19(18)22-13-6-2)16(7-3)9-8-15(4)20/h10-11,14,16H,5-9,12-13H2,1-4H3. The molecule has 0 aliphatic carbocycles. The summed E-state index contributed by atoms with van der Waals surface area (Å²) in [6.45, 7) is 9.40. The van der Waals surface area contributed by atoms with Gasteiger partial charge >= 0.3 is 0 Å². The Labute approximate surface area is 135 Å². The Morgan fingerprint density at radius 3 is 2.23 bits per heavy atom. The lowest BCUT2D eigenvalue weighted by Gasteiger charge is -2.18. The van der Waals surface area contributed by atoms with E-state index in [1.165, 1.54) is 5.56 Å². The first-order valence-corrected chi connectivity index (χ1v) is 8.51. The monoisotopic (exact) mass is 306 g/mol. The van der Waals surface area contributed by atoms with Crippen LogP contribution in [0.2, 0.25) is 0 Å². The molecule has 0 spiro atoms. The first kappa shape index (κ1) is 18.5. The molecule has 0 saturated carbocycles. The summed E-state index contributed by atoms with van der Waals surface area (Å²) >= 11 is 0. The second-order valence-corrected chi connectivity index (χ2v) is 5.75. The molecule has 22 heavy (non-hydrogen) atoms. The molecule has 3 heteroatoms. The van der Waals surface area contributed by atoms with Crippen molar-refractivity contribution in [3.05, 3.63) is 23.8 Å². The molecule has 3 nitrogen and oxygen atoms in total. The zero-order chi connectivity index (χ0) is 16.4. The average molecular weight is 306 g/mol. The molecule has 1 rings (SSSR count). The number of benzene rings is 1. The fourth-order valence-corrected chi connectivity index (χ4v) is 2.42. The number of hydrogen-bond donors (Lipinski definition) is 0. The fraction of sp³-hybridized carbons (Fsp3) is 0.632. The summed E-state index contributed by atoms with van der Waals surface area (Å²) < 4.78 is 11.6. The molecule has 0 aliphatic rings. The molecule has 1 atom stereocenters. The first-order valence-electron chi connectivity index (χ1n) is 8.51. The molecule has 0 amide bonds. The third kappa shape index (κ3) is 6.08. The van der Waals surface area contributed by atoms with Crippen molar-refractivity contribution >= 4 is 5.78 Å². The number of Topliss-reactive ketones (excluding diaryl/α,β-unsaturated/α-hetero) is 1. The van der Waals surface area contributed by atoms with Crippen molar-refractivity contribution in [2.75, 3.05) is 13.2 Å². The van der Waals surface area contributed by atoms with E-state index < -0.39 is 0 Å².